The number of hydrogen-bond donors (Lipinski definition) is 1. The molecule has 0 aliphatic heterocycles. The van der Waals surface area contributed by atoms with Gasteiger partial charge in [-0.05, 0) is 102 Å². The van der Waals surface area contributed by atoms with E-state index in [-0.39, 0.29) is 12.6 Å². The number of nitrogens with zero attached hydrogens (tertiary/aromatic N) is 1. The lowest BCUT2D eigenvalue weighted by atomic mass is 9.32. The van der Waals surface area contributed by atoms with E-state index in [0.29, 0.717) is 52.2 Å². The van der Waals surface area contributed by atoms with Crippen LogP contribution in [0.15, 0.2) is 47.5 Å². The maximum absolute atomic E-state index is 14.7. The molecule has 240 valence electrons. The first-order valence-electron chi connectivity index (χ1n) is 15.5. The molecule has 7 fully saturated rings. The summed E-state index contributed by atoms with van der Waals surface area (Å²) >= 11 is 0. The SMILES string of the molecule is C/N=C(/c1ccc2c(c1)-c1ccccc1C2COC(=O)C12CC3C4CC5(O)CC3C(C1)C(C5)C4C2)C(F)(F)C(F)(F)C(F)(F)F. The number of hydrogen-bond acceptors (Lipinski definition) is 4. The van der Waals surface area contributed by atoms with E-state index in [1.54, 1.807) is 24.3 Å². The summed E-state index contributed by atoms with van der Waals surface area (Å²) in [6.07, 6.45) is -1.68. The van der Waals surface area contributed by atoms with Crippen LogP contribution >= 0.6 is 0 Å². The van der Waals surface area contributed by atoms with Crippen LogP contribution in [0.3, 0.4) is 0 Å². The fourth-order valence-electron chi connectivity index (χ4n) is 10.9. The summed E-state index contributed by atoms with van der Waals surface area (Å²) in [4.78, 5) is 17.1. The Kier molecular flexibility index (Phi) is 5.96. The molecule has 8 bridgehead atoms. The van der Waals surface area contributed by atoms with Crippen LogP contribution in [0.5, 0.6) is 0 Å². The van der Waals surface area contributed by atoms with Gasteiger partial charge in [-0.1, -0.05) is 36.4 Å². The zero-order valence-electron chi connectivity index (χ0n) is 24.4. The van der Waals surface area contributed by atoms with Crippen molar-refractivity contribution in [3.8, 4) is 11.1 Å². The van der Waals surface area contributed by atoms with E-state index in [9.17, 15) is 40.6 Å². The molecule has 45 heavy (non-hydrogen) atoms. The fraction of sp³-hybridized carbons (Fsp3) is 0.588. The average molecular weight is 636 g/mol. The highest BCUT2D eigenvalue weighted by molar-refractivity contribution is 6.07. The van der Waals surface area contributed by atoms with E-state index in [2.05, 4.69) is 4.99 Å². The van der Waals surface area contributed by atoms with Crippen molar-refractivity contribution in [1.29, 1.82) is 0 Å². The van der Waals surface area contributed by atoms with Crippen molar-refractivity contribution in [3.63, 3.8) is 0 Å². The average Bonchev–Trinajstić information content (AvgIpc) is 3.30. The van der Waals surface area contributed by atoms with Crippen LogP contribution in [-0.4, -0.2) is 54.1 Å². The molecule has 0 spiro atoms. The normalized spacial score (nSPS) is 37.6. The molecule has 1 atom stereocenters. The lowest BCUT2D eigenvalue weighted by Gasteiger charge is -2.73. The smallest absolute Gasteiger partial charge is 0.460 e. The Morgan fingerprint density at radius 1 is 0.822 bits per heavy atom. The van der Waals surface area contributed by atoms with Crippen molar-refractivity contribution in [1.82, 2.24) is 0 Å². The second-order valence-corrected chi connectivity index (χ2v) is 14.5. The third kappa shape index (κ3) is 3.82. The molecule has 0 aromatic heterocycles. The molecule has 11 heteroatoms. The van der Waals surface area contributed by atoms with Crippen LogP contribution in [0.1, 0.15) is 61.1 Å². The highest BCUT2D eigenvalue weighted by Crippen LogP contribution is 2.75. The number of alkyl halides is 7. The minimum absolute atomic E-state index is 0.0169. The number of aliphatic imine (C=N–C) groups is 1. The maximum Gasteiger partial charge on any atom is 0.460 e. The molecule has 10 rings (SSSR count). The molecule has 2 aromatic rings. The largest absolute Gasteiger partial charge is 0.464 e. The maximum atomic E-state index is 14.7. The molecule has 2 aromatic carbocycles. The first kappa shape index (κ1) is 29.5. The Labute approximate surface area is 255 Å². The summed E-state index contributed by atoms with van der Waals surface area (Å²) in [5, 5.41) is 11.1. The monoisotopic (exact) mass is 635 g/mol. The van der Waals surface area contributed by atoms with E-state index in [1.807, 2.05) is 0 Å². The second-order valence-electron chi connectivity index (χ2n) is 14.5. The summed E-state index contributed by atoms with van der Waals surface area (Å²) < 4.78 is 102. The summed E-state index contributed by atoms with van der Waals surface area (Å²) in [6, 6.07) is 10.6. The van der Waals surface area contributed by atoms with Crippen LogP contribution in [0, 0.1) is 40.9 Å². The Morgan fingerprint density at radius 3 is 1.91 bits per heavy atom. The zero-order valence-corrected chi connectivity index (χ0v) is 24.4. The summed E-state index contributed by atoms with van der Waals surface area (Å²) in [7, 11) is 0.752. The molecule has 0 heterocycles. The van der Waals surface area contributed by atoms with Gasteiger partial charge in [0.25, 0.3) is 0 Å². The lowest BCUT2D eigenvalue weighted by Crippen LogP contribution is -2.70. The van der Waals surface area contributed by atoms with Crippen LogP contribution in [0.25, 0.3) is 11.1 Å². The third-order valence-electron chi connectivity index (χ3n) is 12.4. The topological polar surface area (TPSA) is 58.9 Å². The minimum atomic E-state index is -6.48. The molecule has 7 saturated carbocycles. The molecular formula is C34H32F7NO3. The van der Waals surface area contributed by atoms with Crippen LogP contribution in [0.4, 0.5) is 30.7 Å². The molecule has 8 aliphatic rings. The first-order valence-corrected chi connectivity index (χ1v) is 15.5. The van der Waals surface area contributed by atoms with Crippen molar-refractivity contribution < 1.29 is 45.4 Å². The standard InChI is InChI=1S/C34H32F7NO3/c1-42-28(32(35,36)33(37,38)34(39,40)41)16-6-7-19-20(8-16)17-4-2-3-5-18(17)27(19)15-45-29(43)30-9-21-24-12-31(44)13-25(21)23(11-30)26(14-31)22(24)10-30/h2-8,21-27,44H,9-15H2,1H3/b42-28-. The Bertz CT molecular complexity index is 1570. The number of carbonyl (C=O) groups is 1. The number of fused-ring (bicyclic) bond motifs is 3. The summed E-state index contributed by atoms with van der Waals surface area (Å²) in [6.45, 7) is -0.0169. The number of carbonyl (C=O) groups excluding carboxylic acids is 1. The molecular weight excluding hydrogens is 603 g/mol. The van der Waals surface area contributed by atoms with Gasteiger partial charge in [-0.15, -0.1) is 0 Å². The summed E-state index contributed by atoms with van der Waals surface area (Å²) in [5.41, 5.74) is -0.993. The van der Waals surface area contributed by atoms with E-state index in [1.165, 1.54) is 6.07 Å². The van der Waals surface area contributed by atoms with Gasteiger partial charge in [-0.25, -0.2) is 0 Å². The van der Waals surface area contributed by atoms with E-state index in [4.69, 9.17) is 4.74 Å². The molecule has 8 aliphatic carbocycles. The molecule has 1 unspecified atom stereocenters. The predicted molar refractivity (Wildman–Crippen MR) is 149 cm³/mol. The van der Waals surface area contributed by atoms with Gasteiger partial charge in [-0.2, -0.15) is 30.7 Å². The van der Waals surface area contributed by atoms with E-state index >= 15 is 0 Å². The Balaban J connectivity index is 1.06. The summed E-state index contributed by atoms with van der Waals surface area (Å²) in [5.74, 6) is -9.97. The van der Waals surface area contributed by atoms with Gasteiger partial charge in [0.15, 0.2) is 0 Å². The first-order chi connectivity index (χ1) is 21.1. The Morgan fingerprint density at radius 2 is 1.36 bits per heavy atom. The van der Waals surface area contributed by atoms with Crippen molar-refractivity contribution in [3.05, 3.63) is 59.2 Å². The fourth-order valence-corrected chi connectivity index (χ4v) is 10.9. The van der Waals surface area contributed by atoms with E-state index < -0.39 is 46.2 Å². The van der Waals surface area contributed by atoms with Gasteiger partial charge in [-0.3, -0.25) is 9.79 Å². The van der Waals surface area contributed by atoms with Crippen molar-refractivity contribution in [2.45, 2.75) is 68.1 Å². The highest BCUT2D eigenvalue weighted by Gasteiger charge is 2.75. The minimum Gasteiger partial charge on any atom is -0.464 e. The van der Waals surface area contributed by atoms with Gasteiger partial charge in [0, 0.05) is 18.5 Å². The number of benzene rings is 2. The highest BCUT2D eigenvalue weighted by atomic mass is 19.4. The van der Waals surface area contributed by atoms with E-state index in [0.717, 1.165) is 63.3 Å². The molecule has 0 amide bonds. The number of ether oxygens (including phenoxy) is 1. The third-order valence-corrected chi connectivity index (χ3v) is 12.4. The van der Waals surface area contributed by atoms with Crippen molar-refractivity contribution >= 4 is 11.7 Å². The van der Waals surface area contributed by atoms with Gasteiger partial charge in [0.1, 0.15) is 12.3 Å². The van der Waals surface area contributed by atoms with Crippen molar-refractivity contribution in [2.75, 3.05) is 13.7 Å². The number of aliphatic hydroxyl groups is 1. The van der Waals surface area contributed by atoms with Crippen LogP contribution in [-0.2, 0) is 9.53 Å². The van der Waals surface area contributed by atoms with Gasteiger partial charge >= 0.3 is 24.0 Å². The number of rotatable bonds is 6. The van der Waals surface area contributed by atoms with Gasteiger partial charge in [0.2, 0.25) is 0 Å². The lowest BCUT2D eigenvalue weighted by molar-refractivity contribution is -0.336. The molecule has 0 saturated heterocycles. The zero-order chi connectivity index (χ0) is 31.9. The van der Waals surface area contributed by atoms with Crippen molar-refractivity contribution in [2.24, 2.45) is 45.9 Å². The van der Waals surface area contributed by atoms with Crippen LogP contribution < -0.4 is 0 Å². The molecule has 0 radical (unpaired) electrons. The number of esters is 1. The second kappa shape index (κ2) is 9.10. The predicted octanol–water partition coefficient (Wildman–Crippen LogP) is 7.42. The van der Waals surface area contributed by atoms with Crippen LogP contribution in [0.2, 0.25) is 0 Å². The molecule has 4 nitrogen and oxygen atoms in total. The Hall–Kier alpha value is -2.95. The number of halogens is 7. The van der Waals surface area contributed by atoms with Gasteiger partial charge in [0.05, 0.1) is 11.0 Å². The quantitative estimate of drug-likeness (QED) is 0.204. The van der Waals surface area contributed by atoms with Gasteiger partial charge < -0.3 is 9.84 Å². The molecule has 1 N–H and O–H groups in total.